The van der Waals surface area contributed by atoms with E-state index in [4.69, 9.17) is 0 Å². The molecule has 4 nitrogen and oxygen atoms in total. The number of carbonyl (C=O) groups excluding carboxylic acids is 1. The molecule has 0 unspecified atom stereocenters. The van der Waals surface area contributed by atoms with Gasteiger partial charge in [0.1, 0.15) is 5.82 Å². The third-order valence-corrected chi connectivity index (χ3v) is 7.12. The van der Waals surface area contributed by atoms with E-state index >= 15 is 0 Å². The monoisotopic (exact) mass is 461 g/mol. The lowest BCUT2D eigenvalue weighted by Gasteiger charge is -2.05. The van der Waals surface area contributed by atoms with Crippen molar-refractivity contribution in [1.82, 2.24) is 9.55 Å². The highest BCUT2D eigenvalue weighted by Gasteiger charge is 2.13. The van der Waals surface area contributed by atoms with E-state index in [-0.39, 0.29) is 17.5 Å². The average molecular weight is 462 g/mol. The summed E-state index contributed by atoms with van der Waals surface area (Å²) in [6.07, 6.45) is 2.04. The summed E-state index contributed by atoms with van der Waals surface area (Å²) < 4.78 is 16.8. The number of nitrogens with one attached hydrogen (secondary N) is 1. The van der Waals surface area contributed by atoms with Crippen molar-refractivity contribution in [2.75, 3.05) is 11.1 Å². The Bertz CT molecular complexity index is 1440. The molecule has 0 radical (unpaired) electrons. The zero-order chi connectivity index (χ0) is 22.1. The number of thiazole rings is 1. The highest BCUT2D eigenvalue weighted by Crippen LogP contribution is 2.31. The minimum Gasteiger partial charge on any atom is -0.342 e. The van der Waals surface area contributed by atoms with Crippen molar-refractivity contribution >= 4 is 55.3 Å². The van der Waals surface area contributed by atoms with Crippen molar-refractivity contribution in [3.8, 4) is 0 Å². The molecule has 0 spiro atoms. The van der Waals surface area contributed by atoms with Gasteiger partial charge in [-0.25, -0.2) is 9.37 Å². The number of carbonyl (C=O) groups is 1. The lowest BCUT2D eigenvalue weighted by molar-refractivity contribution is -0.113. The van der Waals surface area contributed by atoms with Crippen molar-refractivity contribution in [2.24, 2.45) is 0 Å². The molecule has 0 atom stereocenters. The molecular formula is C25H20FN3OS2. The Balaban J connectivity index is 1.31. The summed E-state index contributed by atoms with van der Waals surface area (Å²) >= 11 is 2.97. The minimum absolute atomic E-state index is 0.0901. The first-order valence-electron chi connectivity index (χ1n) is 10.2. The third-order valence-electron chi connectivity index (χ3n) is 5.14. The Hall–Kier alpha value is -3.16. The number of halogens is 1. The zero-order valence-electron chi connectivity index (χ0n) is 17.3. The van der Waals surface area contributed by atoms with E-state index in [0.29, 0.717) is 11.7 Å². The Kier molecular flexibility index (Phi) is 5.68. The second-order valence-electron chi connectivity index (χ2n) is 7.60. The van der Waals surface area contributed by atoms with Gasteiger partial charge in [-0.2, -0.15) is 0 Å². The standard InChI is InChI=1S/C25H20FN3OS2/c1-16-9-10-20-22(11-16)32-25(27-20)28-24(30)15-31-23-14-29(21-8-3-2-7-19(21)23)13-17-5-4-6-18(26)12-17/h2-12,14H,13,15H2,1H3,(H,27,28,30). The maximum absolute atomic E-state index is 13.6. The van der Waals surface area contributed by atoms with Gasteiger partial charge in [0.2, 0.25) is 5.91 Å². The van der Waals surface area contributed by atoms with Gasteiger partial charge in [-0.05, 0) is 48.4 Å². The first-order chi connectivity index (χ1) is 15.5. The lowest BCUT2D eigenvalue weighted by Crippen LogP contribution is -2.13. The van der Waals surface area contributed by atoms with E-state index in [0.717, 1.165) is 31.6 Å². The van der Waals surface area contributed by atoms with E-state index < -0.39 is 0 Å². The molecule has 5 aromatic rings. The molecule has 0 saturated carbocycles. The number of amides is 1. The number of rotatable bonds is 6. The van der Waals surface area contributed by atoms with Gasteiger partial charge in [0, 0.05) is 28.5 Å². The van der Waals surface area contributed by atoms with Gasteiger partial charge in [-0.1, -0.05) is 47.7 Å². The van der Waals surface area contributed by atoms with Crippen LogP contribution in [0.25, 0.3) is 21.1 Å². The Morgan fingerprint density at radius 3 is 2.88 bits per heavy atom. The lowest BCUT2D eigenvalue weighted by atomic mass is 10.2. The summed E-state index contributed by atoms with van der Waals surface area (Å²) in [5, 5.41) is 4.62. The molecule has 0 aliphatic heterocycles. The van der Waals surface area contributed by atoms with Gasteiger partial charge in [-0.15, -0.1) is 11.8 Å². The Labute approximate surface area is 193 Å². The van der Waals surface area contributed by atoms with Crippen molar-refractivity contribution < 1.29 is 9.18 Å². The third kappa shape index (κ3) is 4.40. The van der Waals surface area contributed by atoms with Crippen LogP contribution in [0, 0.1) is 12.7 Å². The molecule has 32 heavy (non-hydrogen) atoms. The molecule has 160 valence electrons. The number of hydrogen-bond donors (Lipinski definition) is 1. The van der Waals surface area contributed by atoms with Crippen LogP contribution in [0.5, 0.6) is 0 Å². The largest absolute Gasteiger partial charge is 0.342 e. The number of aryl methyl sites for hydroxylation is 1. The van der Waals surface area contributed by atoms with Gasteiger partial charge in [0.05, 0.1) is 16.0 Å². The number of benzene rings is 3. The van der Waals surface area contributed by atoms with Gasteiger partial charge in [-0.3, -0.25) is 4.79 Å². The van der Waals surface area contributed by atoms with E-state index in [9.17, 15) is 9.18 Å². The van der Waals surface area contributed by atoms with Crippen molar-refractivity contribution in [1.29, 1.82) is 0 Å². The smallest absolute Gasteiger partial charge is 0.236 e. The van der Waals surface area contributed by atoms with Gasteiger partial charge in [0.15, 0.2) is 5.13 Å². The highest BCUT2D eigenvalue weighted by atomic mass is 32.2. The van der Waals surface area contributed by atoms with Crippen molar-refractivity contribution in [3.05, 3.63) is 89.9 Å². The van der Waals surface area contributed by atoms with E-state index in [1.807, 2.05) is 55.6 Å². The van der Waals surface area contributed by atoms with Crippen molar-refractivity contribution in [3.63, 3.8) is 0 Å². The van der Waals surface area contributed by atoms with Crippen LogP contribution in [0.1, 0.15) is 11.1 Å². The van der Waals surface area contributed by atoms with Crippen LogP contribution >= 0.6 is 23.1 Å². The van der Waals surface area contributed by atoms with Crippen molar-refractivity contribution in [2.45, 2.75) is 18.4 Å². The zero-order valence-corrected chi connectivity index (χ0v) is 19.0. The maximum atomic E-state index is 13.6. The summed E-state index contributed by atoms with van der Waals surface area (Å²) in [5.74, 6) is -0.0499. The second kappa shape index (κ2) is 8.76. The molecule has 7 heteroatoms. The minimum atomic E-state index is -0.241. The normalized spacial score (nSPS) is 11.3. The molecule has 1 amide bonds. The average Bonchev–Trinajstić information content (AvgIpc) is 3.33. The summed E-state index contributed by atoms with van der Waals surface area (Å²) in [4.78, 5) is 18.1. The summed E-state index contributed by atoms with van der Waals surface area (Å²) in [6.45, 7) is 2.61. The molecule has 0 saturated heterocycles. The number of fused-ring (bicyclic) bond motifs is 2. The van der Waals surface area contributed by atoms with Crippen LogP contribution in [0.3, 0.4) is 0 Å². The molecule has 1 N–H and O–H groups in total. The summed E-state index contributed by atoms with van der Waals surface area (Å²) in [7, 11) is 0. The SMILES string of the molecule is Cc1ccc2nc(NC(=O)CSc3cn(Cc4cccc(F)c4)c4ccccc34)sc2c1. The van der Waals surface area contributed by atoms with E-state index in [1.165, 1.54) is 34.7 Å². The van der Waals surface area contributed by atoms with Crippen LogP contribution in [0.2, 0.25) is 0 Å². The molecule has 5 rings (SSSR count). The second-order valence-corrected chi connectivity index (χ2v) is 9.64. The molecule has 2 aromatic heterocycles. The molecule has 3 aromatic carbocycles. The van der Waals surface area contributed by atoms with Gasteiger partial charge < -0.3 is 9.88 Å². The molecule has 0 bridgehead atoms. The fourth-order valence-corrected chi connectivity index (χ4v) is 5.54. The van der Waals surface area contributed by atoms with Crippen LogP contribution < -0.4 is 5.32 Å². The Morgan fingerprint density at radius 1 is 1.12 bits per heavy atom. The summed E-state index contributed by atoms with van der Waals surface area (Å²) in [6, 6.07) is 20.8. The highest BCUT2D eigenvalue weighted by molar-refractivity contribution is 8.00. The molecular weight excluding hydrogens is 441 g/mol. The maximum Gasteiger partial charge on any atom is 0.236 e. The van der Waals surface area contributed by atoms with Crippen LogP contribution in [0.4, 0.5) is 9.52 Å². The van der Waals surface area contributed by atoms with Crippen LogP contribution in [-0.4, -0.2) is 21.2 Å². The number of hydrogen-bond acceptors (Lipinski definition) is 4. The number of nitrogens with zero attached hydrogens (tertiary/aromatic N) is 2. The fraction of sp³-hybridized carbons (Fsp3) is 0.120. The number of para-hydroxylation sites is 1. The number of thioether (sulfide) groups is 1. The quantitative estimate of drug-likeness (QED) is 0.295. The van der Waals surface area contributed by atoms with E-state index in [1.54, 1.807) is 12.1 Å². The molecule has 0 aliphatic carbocycles. The van der Waals surface area contributed by atoms with Gasteiger partial charge >= 0.3 is 0 Å². The predicted molar refractivity (Wildman–Crippen MR) is 131 cm³/mol. The molecule has 2 heterocycles. The molecule has 0 aliphatic rings. The topological polar surface area (TPSA) is 46.9 Å². The van der Waals surface area contributed by atoms with Crippen LogP contribution in [0.15, 0.2) is 77.8 Å². The number of aromatic nitrogens is 2. The molecule has 0 fully saturated rings. The Morgan fingerprint density at radius 2 is 2.00 bits per heavy atom. The first kappa shape index (κ1) is 20.7. The predicted octanol–water partition coefficient (Wildman–Crippen LogP) is 6.48. The van der Waals surface area contributed by atoms with Gasteiger partial charge in [0.25, 0.3) is 0 Å². The fourth-order valence-electron chi connectivity index (χ4n) is 3.67. The first-order valence-corrected chi connectivity index (χ1v) is 12.0. The summed E-state index contributed by atoms with van der Waals surface area (Å²) in [5.41, 5.74) is 4.01. The van der Waals surface area contributed by atoms with E-state index in [2.05, 4.69) is 20.9 Å². The number of anilines is 1. The van der Waals surface area contributed by atoms with Crippen LogP contribution in [-0.2, 0) is 11.3 Å².